The third-order valence-corrected chi connectivity index (χ3v) is 3.75. The minimum Gasteiger partial charge on any atom is -0.466 e. The molecule has 0 aromatic carbocycles. The largest absolute Gasteiger partial charge is 0.466 e. The number of carbonyl (C=O) groups is 2. The van der Waals surface area contributed by atoms with E-state index in [0.29, 0.717) is 13.2 Å². The Bertz CT molecular complexity index is 281. The second-order valence-electron chi connectivity index (χ2n) is 4.61. The van der Waals surface area contributed by atoms with Gasteiger partial charge in [0.1, 0.15) is 0 Å². The molecule has 0 radical (unpaired) electrons. The summed E-state index contributed by atoms with van der Waals surface area (Å²) in [5.41, 5.74) is -1.09. The van der Waals surface area contributed by atoms with Crippen LogP contribution in [0.5, 0.6) is 0 Å². The van der Waals surface area contributed by atoms with Crippen LogP contribution in [0.3, 0.4) is 0 Å². The first-order valence-electron chi connectivity index (χ1n) is 5.97. The number of hydrogen-bond acceptors (Lipinski definition) is 4. The summed E-state index contributed by atoms with van der Waals surface area (Å²) in [6.07, 6.45) is 3.07. The van der Waals surface area contributed by atoms with Crippen molar-refractivity contribution in [2.45, 2.75) is 39.5 Å². The van der Waals surface area contributed by atoms with E-state index in [9.17, 15) is 9.59 Å². The molecule has 2 aliphatic carbocycles. The van der Waals surface area contributed by atoms with Gasteiger partial charge in [0.2, 0.25) is 0 Å². The molecule has 0 unspecified atom stereocenters. The van der Waals surface area contributed by atoms with Gasteiger partial charge in [-0.15, -0.1) is 0 Å². The van der Waals surface area contributed by atoms with Crippen LogP contribution >= 0.6 is 0 Å². The molecule has 0 spiro atoms. The molecule has 0 aliphatic heterocycles. The molecule has 0 aromatic heterocycles. The lowest BCUT2D eigenvalue weighted by molar-refractivity contribution is -0.164. The van der Waals surface area contributed by atoms with Gasteiger partial charge in [0.15, 0.2) is 0 Å². The van der Waals surface area contributed by atoms with E-state index in [1.807, 2.05) is 0 Å². The van der Waals surface area contributed by atoms with Crippen molar-refractivity contribution in [1.29, 1.82) is 0 Å². The van der Waals surface area contributed by atoms with E-state index in [1.165, 1.54) is 0 Å². The Labute approximate surface area is 95.3 Å². The Morgan fingerprint density at radius 1 is 0.875 bits per heavy atom. The van der Waals surface area contributed by atoms with Crippen LogP contribution in [-0.4, -0.2) is 25.2 Å². The van der Waals surface area contributed by atoms with Crippen LogP contribution in [0.2, 0.25) is 0 Å². The van der Waals surface area contributed by atoms with Crippen molar-refractivity contribution < 1.29 is 19.1 Å². The van der Waals surface area contributed by atoms with Crippen LogP contribution in [0.15, 0.2) is 0 Å². The summed E-state index contributed by atoms with van der Waals surface area (Å²) in [5, 5.41) is 0. The van der Waals surface area contributed by atoms with Crippen LogP contribution in [0.4, 0.5) is 0 Å². The van der Waals surface area contributed by atoms with Gasteiger partial charge in [-0.3, -0.25) is 9.59 Å². The van der Waals surface area contributed by atoms with Crippen LogP contribution in [0.1, 0.15) is 39.5 Å². The highest BCUT2D eigenvalue weighted by atomic mass is 16.5. The van der Waals surface area contributed by atoms with Crippen molar-refractivity contribution in [1.82, 2.24) is 0 Å². The average molecular weight is 226 g/mol. The van der Waals surface area contributed by atoms with Crippen LogP contribution < -0.4 is 0 Å². The third-order valence-electron chi connectivity index (χ3n) is 3.75. The van der Waals surface area contributed by atoms with Crippen LogP contribution in [0.25, 0.3) is 0 Å². The first kappa shape index (κ1) is 11.4. The predicted molar refractivity (Wildman–Crippen MR) is 56.6 cm³/mol. The van der Waals surface area contributed by atoms with E-state index >= 15 is 0 Å². The number of ether oxygens (including phenoxy) is 2. The van der Waals surface area contributed by atoms with Gasteiger partial charge in [-0.1, -0.05) is 0 Å². The van der Waals surface area contributed by atoms with Crippen molar-refractivity contribution in [3.05, 3.63) is 0 Å². The van der Waals surface area contributed by atoms with Crippen LogP contribution in [0, 0.1) is 10.8 Å². The zero-order valence-electron chi connectivity index (χ0n) is 9.88. The number of carbonyl (C=O) groups excluding carboxylic acids is 2. The highest BCUT2D eigenvalue weighted by Gasteiger charge is 2.74. The van der Waals surface area contributed by atoms with Gasteiger partial charge in [0.05, 0.1) is 24.0 Å². The van der Waals surface area contributed by atoms with Crippen LogP contribution in [-0.2, 0) is 19.1 Å². The summed E-state index contributed by atoms with van der Waals surface area (Å²) in [4.78, 5) is 23.8. The van der Waals surface area contributed by atoms with Gasteiger partial charge in [0, 0.05) is 0 Å². The van der Waals surface area contributed by atoms with Crippen molar-refractivity contribution in [3.8, 4) is 0 Å². The smallest absolute Gasteiger partial charge is 0.313 e. The summed E-state index contributed by atoms with van der Waals surface area (Å²) in [7, 11) is 0. The molecule has 2 saturated carbocycles. The summed E-state index contributed by atoms with van der Waals surface area (Å²) in [6, 6.07) is 0. The summed E-state index contributed by atoms with van der Waals surface area (Å²) >= 11 is 0. The van der Waals surface area contributed by atoms with Crippen molar-refractivity contribution in [2.75, 3.05) is 13.2 Å². The molecule has 0 saturated heterocycles. The van der Waals surface area contributed by atoms with E-state index in [0.717, 1.165) is 25.7 Å². The van der Waals surface area contributed by atoms with Crippen molar-refractivity contribution in [3.63, 3.8) is 0 Å². The molecule has 4 heteroatoms. The minimum atomic E-state index is -0.546. The monoisotopic (exact) mass is 226 g/mol. The first-order chi connectivity index (χ1) is 7.63. The maximum Gasteiger partial charge on any atom is 0.313 e. The van der Waals surface area contributed by atoms with E-state index in [4.69, 9.17) is 9.47 Å². The molecule has 2 fully saturated rings. The number of rotatable bonds is 5. The molecule has 0 N–H and O–H groups in total. The van der Waals surface area contributed by atoms with Gasteiger partial charge in [-0.2, -0.15) is 0 Å². The molecular weight excluding hydrogens is 208 g/mol. The topological polar surface area (TPSA) is 52.6 Å². The minimum absolute atomic E-state index is 0.208. The fourth-order valence-corrected chi connectivity index (χ4v) is 2.54. The maximum absolute atomic E-state index is 11.9. The SMILES string of the molecule is CCOC(=O)C1(C2(C(=O)OCC)CC2)CC1. The summed E-state index contributed by atoms with van der Waals surface area (Å²) < 4.78 is 10.2. The van der Waals surface area contributed by atoms with Crippen molar-refractivity contribution in [2.24, 2.45) is 10.8 Å². The Morgan fingerprint density at radius 2 is 1.19 bits per heavy atom. The van der Waals surface area contributed by atoms with Gasteiger partial charge >= 0.3 is 11.9 Å². The fraction of sp³-hybridized carbons (Fsp3) is 0.833. The predicted octanol–water partition coefficient (Wildman–Crippen LogP) is 1.67. The van der Waals surface area contributed by atoms with Gasteiger partial charge in [-0.05, 0) is 39.5 Å². The quantitative estimate of drug-likeness (QED) is 0.669. The molecule has 0 bridgehead atoms. The summed E-state index contributed by atoms with van der Waals surface area (Å²) in [6.45, 7) is 4.33. The third kappa shape index (κ3) is 1.43. The molecule has 2 aliphatic rings. The van der Waals surface area contributed by atoms with Gasteiger partial charge in [0.25, 0.3) is 0 Å². The fourth-order valence-electron chi connectivity index (χ4n) is 2.54. The molecule has 4 nitrogen and oxygen atoms in total. The van der Waals surface area contributed by atoms with E-state index < -0.39 is 10.8 Å². The number of hydrogen-bond donors (Lipinski definition) is 0. The maximum atomic E-state index is 11.9. The zero-order chi connectivity index (χ0) is 11.8. The molecule has 0 amide bonds. The molecular formula is C12H18O4. The second kappa shape index (κ2) is 3.75. The summed E-state index contributed by atoms with van der Waals surface area (Å²) in [5.74, 6) is -0.416. The Hall–Kier alpha value is -1.06. The average Bonchev–Trinajstić information content (AvgIpc) is 3.12. The van der Waals surface area contributed by atoms with Crippen molar-refractivity contribution >= 4 is 11.9 Å². The van der Waals surface area contributed by atoms with E-state index in [2.05, 4.69) is 0 Å². The molecule has 2 rings (SSSR count). The van der Waals surface area contributed by atoms with Gasteiger partial charge in [-0.25, -0.2) is 0 Å². The Kier molecular flexibility index (Phi) is 2.68. The van der Waals surface area contributed by atoms with Gasteiger partial charge < -0.3 is 9.47 Å². The zero-order valence-corrected chi connectivity index (χ0v) is 9.88. The van der Waals surface area contributed by atoms with E-state index in [-0.39, 0.29) is 11.9 Å². The highest BCUT2D eigenvalue weighted by Crippen LogP contribution is 2.71. The van der Waals surface area contributed by atoms with E-state index in [1.54, 1.807) is 13.8 Å². The molecule has 90 valence electrons. The lowest BCUT2D eigenvalue weighted by atomic mass is 9.85. The highest BCUT2D eigenvalue weighted by molar-refractivity contribution is 5.92. The number of esters is 2. The molecule has 16 heavy (non-hydrogen) atoms. The molecule has 0 heterocycles. The first-order valence-corrected chi connectivity index (χ1v) is 5.97. The lowest BCUT2D eigenvalue weighted by Crippen LogP contribution is -2.36. The lowest BCUT2D eigenvalue weighted by Gasteiger charge is -2.22. The normalized spacial score (nSPS) is 23.4. The molecule has 0 atom stereocenters. The Balaban J connectivity index is 2.12. The standard InChI is InChI=1S/C12H18O4/c1-3-15-9(13)11(5-6-11)12(7-8-12)10(14)16-4-2/h3-8H2,1-2H3. The molecule has 0 aromatic rings. The Morgan fingerprint density at radius 3 is 1.38 bits per heavy atom. The second-order valence-corrected chi connectivity index (χ2v) is 4.61.